The van der Waals surface area contributed by atoms with E-state index in [2.05, 4.69) is 20.6 Å². The molecule has 5 rings (SSSR count). The average Bonchev–Trinajstić information content (AvgIpc) is 3.21. The second kappa shape index (κ2) is 8.39. The third-order valence-corrected chi connectivity index (χ3v) is 5.10. The average molecular weight is 414 g/mol. The zero-order valence-electron chi connectivity index (χ0n) is 16.9. The first-order chi connectivity index (χ1) is 15.2. The van der Waals surface area contributed by atoms with E-state index in [0.717, 1.165) is 35.4 Å². The Balaban J connectivity index is 1.15. The van der Waals surface area contributed by atoms with Gasteiger partial charge in [-0.1, -0.05) is 24.3 Å². The van der Waals surface area contributed by atoms with Crippen LogP contribution in [0.1, 0.15) is 11.4 Å². The lowest BCUT2D eigenvalue weighted by Gasteiger charge is -2.19. The number of urea groups is 1. The van der Waals surface area contributed by atoms with Crippen molar-refractivity contribution >= 4 is 28.4 Å². The fraction of sp³-hybridized carbons (Fsp3) is 0.167. The molecule has 0 saturated heterocycles. The van der Waals surface area contributed by atoms with Gasteiger partial charge in [0.1, 0.15) is 19.0 Å². The van der Waals surface area contributed by atoms with Gasteiger partial charge in [0.2, 0.25) is 0 Å². The highest BCUT2D eigenvalue weighted by molar-refractivity contribution is 5.99. The largest absolute Gasteiger partial charge is 0.486 e. The number of ether oxygens (including phenoxy) is 2. The van der Waals surface area contributed by atoms with E-state index in [1.807, 2.05) is 48.5 Å². The van der Waals surface area contributed by atoms with Crippen molar-refractivity contribution in [3.8, 4) is 11.5 Å². The van der Waals surface area contributed by atoms with Crippen molar-refractivity contribution in [3.63, 3.8) is 0 Å². The Labute approximate surface area is 179 Å². The Kier molecular flexibility index (Phi) is 5.14. The molecule has 0 saturated carbocycles. The number of fused-ring (bicyclic) bond motifs is 2. The minimum absolute atomic E-state index is 0.313. The zero-order valence-corrected chi connectivity index (χ0v) is 16.9. The summed E-state index contributed by atoms with van der Waals surface area (Å²) in [6, 6.07) is 20.9. The molecule has 3 aromatic carbocycles. The molecule has 0 atom stereocenters. The zero-order chi connectivity index (χ0) is 21.0. The summed E-state index contributed by atoms with van der Waals surface area (Å²) in [7, 11) is 0. The number of benzene rings is 3. The van der Waals surface area contributed by atoms with Crippen molar-refractivity contribution in [1.82, 2.24) is 9.97 Å². The van der Waals surface area contributed by atoms with Crippen molar-refractivity contribution in [3.05, 3.63) is 78.1 Å². The van der Waals surface area contributed by atoms with E-state index in [-0.39, 0.29) is 6.03 Å². The molecule has 7 nitrogen and oxygen atoms in total. The molecule has 2 amide bonds. The number of rotatable bonds is 5. The first-order valence-electron chi connectivity index (χ1n) is 10.2. The summed E-state index contributed by atoms with van der Waals surface area (Å²) in [5.41, 5.74) is 4.59. The van der Waals surface area contributed by atoms with Gasteiger partial charge in [0, 0.05) is 23.9 Å². The van der Waals surface area contributed by atoms with Gasteiger partial charge in [0.15, 0.2) is 11.5 Å². The van der Waals surface area contributed by atoms with E-state index in [0.29, 0.717) is 30.4 Å². The molecule has 1 aliphatic rings. The van der Waals surface area contributed by atoms with Gasteiger partial charge in [-0.05, 0) is 48.4 Å². The second-order valence-electron chi connectivity index (χ2n) is 7.34. The molecule has 1 aromatic heterocycles. The summed E-state index contributed by atoms with van der Waals surface area (Å²) in [4.78, 5) is 20.3. The molecule has 0 spiro atoms. The number of anilines is 2. The Morgan fingerprint density at radius 1 is 0.871 bits per heavy atom. The highest BCUT2D eigenvalue weighted by Gasteiger charge is 2.13. The maximum atomic E-state index is 12.3. The van der Waals surface area contributed by atoms with Crippen LogP contribution < -0.4 is 20.1 Å². The molecule has 0 aliphatic carbocycles. The SMILES string of the molecule is O=C(Nc1ccc(CCc2nc3ccccc3[nH]2)cc1)Nc1ccc2c(c1)OCCO2. The normalized spacial score (nSPS) is 12.5. The van der Waals surface area contributed by atoms with Crippen LogP contribution in [0, 0.1) is 0 Å². The van der Waals surface area contributed by atoms with Gasteiger partial charge >= 0.3 is 6.03 Å². The number of nitrogens with one attached hydrogen (secondary N) is 3. The standard InChI is InChI=1S/C24H22N4O3/c29-24(26-18-10-11-21-22(15-18)31-14-13-30-21)25-17-8-5-16(6-9-17)7-12-23-27-19-3-1-2-4-20(19)28-23/h1-6,8-11,15H,7,12-14H2,(H,27,28)(H2,25,26,29). The summed E-state index contributed by atoms with van der Waals surface area (Å²) in [6.07, 6.45) is 1.69. The van der Waals surface area contributed by atoms with E-state index >= 15 is 0 Å². The molecular formula is C24H22N4O3. The van der Waals surface area contributed by atoms with Crippen LogP contribution in [-0.2, 0) is 12.8 Å². The number of aromatic nitrogens is 2. The second-order valence-corrected chi connectivity index (χ2v) is 7.34. The van der Waals surface area contributed by atoms with Crippen LogP contribution in [0.4, 0.5) is 16.2 Å². The molecule has 31 heavy (non-hydrogen) atoms. The minimum atomic E-state index is -0.313. The smallest absolute Gasteiger partial charge is 0.323 e. The molecular weight excluding hydrogens is 392 g/mol. The van der Waals surface area contributed by atoms with Crippen LogP contribution in [0.5, 0.6) is 11.5 Å². The molecule has 4 aromatic rings. The predicted molar refractivity (Wildman–Crippen MR) is 120 cm³/mol. The van der Waals surface area contributed by atoms with Crippen molar-refractivity contribution in [1.29, 1.82) is 0 Å². The Hall–Kier alpha value is -4.00. The lowest BCUT2D eigenvalue weighted by atomic mass is 10.1. The van der Waals surface area contributed by atoms with Gasteiger partial charge in [-0.15, -0.1) is 0 Å². The molecule has 156 valence electrons. The van der Waals surface area contributed by atoms with Crippen molar-refractivity contribution < 1.29 is 14.3 Å². The van der Waals surface area contributed by atoms with Crippen molar-refractivity contribution in [2.75, 3.05) is 23.8 Å². The van der Waals surface area contributed by atoms with Crippen molar-refractivity contribution in [2.24, 2.45) is 0 Å². The van der Waals surface area contributed by atoms with Crippen molar-refractivity contribution in [2.45, 2.75) is 12.8 Å². The van der Waals surface area contributed by atoms with Gasteiger partial charge in [0.25, 0.3) is 0 Å². The van der Waals surface area contributed by atoms with Crippen LogP contribution >= 0.6 is 0 Å². The summed E-state index contributed by atoms with van der Waals surface area (Å²) in [5, 5.41) is 5.67. The van der Waals surface area contributed by atoms with E-state index in [1.54, 1.807) is 18.2 Å². The van der Waals surface area contributed by atoms with Gasteiger partial charge in [-0.3, -0.25) is 0 Å². The number of amides is 2. The van der Waals surface area contributed by atoms with Gasteiger partial charge < -0.3 is 25.1 Å². The summed E-state index contributed by atoms with van der Waals surface area (Å²) in [5.74, 6) is 2.30. The maximum Gasteiger partial charge on any atom is 0.323 e. The summed E-state index contributed by atoms with van der Waals surface area (Å²) in [6.45, 7) is 1.04. The monoisotopic (exact) mass is 414 g/mol. The lowest BCUT2D eigenvalue weighted by Crippen LogP contribution is -2.20. The molecule has 0 fully saturated rings. The van der Waals surface area contributed by atoms with Gasteiger partial charge in [-0.2, -0.15) is 0 Å². The number of carbonyl (C=O) groups excluding carboxylic acids is 1. The Morgan fingerprint density at radius 3 is 2.45 bits per heavy atom. The van der Waals surface area contributed by atoms with Crippen LogP contribution in [0.2, 0.25) is 0 Å². The van der Waals surface area contributed by atoms with Crippen LogP contribution in [0.15, 0.2) is 66.7 Å². The lowest BCUT2D eigenvalue weighted by molar-refractivity contribution is 0.171. The number of H-pyrrole nitrogens is 1. The van der Waals surface area contributed by atoms with Gasteiger partial charge in [-0.25, -0.2) is 9.78 Å². The molecule has 0 unspecified atom stereocenters. The highest BCUT2D eigenvalue weighted by atomic mass is 16.6. The summed E-state index contributed by atoms with van der Waals surface area (Å²) >= 11 is 0. The molecule has 0 radical (unpaired) electrons. The maximum absolute atomic E-state index is 12.3. The van der Waals surface area contributed by atoms with Crippen LogP contribution in [-0.4, -0.2) is 29.2 Å². The quantitative estimate of drug-likeness (QED) is 0.439. The van der Waals surface area contributed by atoms with Crippen LogP contribution in [0.25, 0.3) is 11.0 Å². The Bertz CT molecular complexity index is 1180. The highest BCUT2D eigenvalue weighted by Crippen LogP contribution is 2.32. The number of aryl methyl sites for hydroxylation is 2. The third kappa shape index (κ3) is 4.45. The van der Waals surface area contributed by atoms with Gasteiger partial charge in [0.05, 0.1) is 11.0 Å². The number of imidazole rings is 1. The fourth-order valence-corrected chi connectivity index (χ4v) is 3.56. The number of carbonyl (C=O) groups is 1. The number of hydrogen-bond donors (Lipinski definition) is 3. The van der Waals surface area contributed by atoms with E-state index in [1.165, 1.54) is 5.56 Å². The number of aromatic amines is 1. The minimum Gasteiger partial charge on any atom is -0.486 e. The summed E-state index contributed by atoms with van der Waals surface area (Å²) < 4.78 is 11.0. The molecule has 7 heteroatoms. The molecule has 2 heterocycles. The van der Waals surface area contributed by atoms with Crippen LogP contribution in [0.3, 0.4) is 0 Å². The molecule has 3 N–H and O–H groups in total. The van der Waals surface area contributed by atoms with E-state index < -0.39 is 0 Å². The topological polar surface area (TPSA) is 88.3 Å². The fourth-order valence-electron chi connectivity index (χ4n) is 3.56. The number of hydrogen-bond acceptors (Lipinski definition) is 4. The third-order valence-electron chi connectivity index (χ3n) is 5.10. The first-order valence-corrected chi connectivity index (χ1v) is 10.2. The number of para-hydroxylation sites is 2. The molecule has 1 aliphatic heterocycles. The predicted octanol–water partition coefficient (Wildman–Crippen LogP) is 4.76. The van der Waals surface area contributed by atoms with E-state index in [4.69, 9.17) is 9.47 Å². The molecule has 0 bridgehead atoms. The first kappa shape index (κ1) is 19.0. The number of nitrogens with zero attached hydrogens (tertiary/aromatic N) is 1. The van der Waals surface area contributed by atoms with E-state index in [9.17, 15) is 4.79 Å². The Morgan fingerprint density at radius 2 is 1.61 bits per heavy atom.